The molecule has 19 heavy (non-hydrogen) atoms. The Morgan fingerprint density at radius 3 is 2.37 bits per heavy atom. The first-order chi connectivity index (χ1) is 8.97. The third kappa shape index (κ3) is 5.30. The van der Waals surface area contributed by atoms with Crippen molar-refractivity contribution >= 4 is 10.0 Å². The van der Waals surface area contributed by atoms with Crippen LogP contribution in [0.15, 0.2) is 23.1 Å². The normalized spacial score (nSPS) is 11.7. The van der Waals surface area contributed by atoms with Gasteiger partial charge in [0.05, 0.1) is 4.90 Å². The molecule has 1 aromatic carbocycles. The van der Waals surface area contributed by atoms with E-state index in [1.165, 1.54) is 0 Å². The minimum Gasteiger partial charge on any atom is -0.330 e. The number of sulfonamides is 1. The van der Waals surface area contributed by atoms with Crippen molar-refractivity contribution in [2.75, 3.05) is 13.1 Å². The SMILES string of the molecule is Cc1ccc(S(=O)(=O)NCCCCCCN)cc1C. The van der Waals surface area contributed by atoms with Gasteiger partial charge in [0.25, 0.3) is 0 Å². The summed E-state index contributed by atoms with van der Waals surface area (Å²) in [5, 5.41) is 0. The fourth-order valence-corrected chi connectivity index (χ4v) is 2.95. The zero-order chi connectivity index (χ0) is 14.3. The second kappa shape index (κ2) is 7.62. The van der Waals surface area contributed by atoms with Gasteiger partial charge in [-0.3, -0.25) is 0 Å². The van der Waals surface area contributed by atoms with Crippen LogP contribution in [0, 0.1) is 13.8 Å². The summed E-state index contributed by atoms with van der Waals surface area (Å²) in [5.74, 6) is 0. The van der Waals surface area contributed by atoms with Gasteiger partial charge in [-0.05, 0) is 56.5 Å². The minimum atomic E-state index is -3.37. The fraction of sp³-hybridized carbons (Fsp3) is 0.571. The van der Waals surface area contributed by atoms with E-state index < -0.39 is 10.0 Å². The standard InChI is InChI=1S/C14H24N2O2S/c1-12-7-8-14(11-13(12)2)19(17,18)16-10-6-4-3-5-9-15/h7-8,11,16H,3-6,9-10,15H2,1-2H3. The molecule has 0 aliphatic carbocycles. The molecule has 0 saturated carbocycles. The van der Waals surface area contributed by atoms with E-state index in [1.54, 1.807) is 12.1 Å². The molecule has 0 aliphatic rings. The summed E-state index contributed by atoms with van der Waals surface area (Å²) in [6.45, 7) is 5.08. The van der Waals surface area contributed by atoms with Gasteiger partial charge in [0, 0.05) is 6.54 Å². The van der Waals surface area contributed by atoms with Gasteiger partial charge in [0.2, 0.25) is 10.0 Å². The zero-order valence-electron chi connectivity index (χ0n) is 11.8. The Morgan fingerprint density at radius 2 is 1.74 bits per heavy atom. The Bertz CT molecular complexity index is 498. The van der Waals surface area contributed by atoms with E-state index in [1.807, 2.05) is 19.9 Å². The first-order valence-electron chi connectivity index (χ1n) is 6.74. The molecule has 0 radical (unpaired) electrons. The first-order valence-corrected chi connectivity index (χ1v) is 8.22. The molecule has 0 heterocycles. The molecule has 0 bridgehead atoms. The van der Waals surface area contributed by atoms with Gasteiger partial charge in [-0.25, -0.2) is 13.1 Å². The summed E-state index contributed by atoms with van der Waals surface area (Å²) in [6, 6.07) is 5.20. The van der Waals surface area contributed by atoms with Gasteiger partial charge in [0.15, 0.2) is 0 Å². The van der Waals surface area contributed by atoms with Crippen LogP contribution in [0.1, 0.15) is 36.8 Å². The predicted molar refractivity (Wildman–Crippen MR) is 78.6 cm³/mol. The van der Waals surface area contributed by atoms with Crippen LogP contribution in [-0.2, 0) is 10.0 Å². The summed E-state index contributed by atoms with van der Waals surface area (Å²) in [6.07, 6.45) is 3.92. The third-order valence-corrected chi connectivity index (χ3v) is 4.67. The lowest BCUT2D eigenvalue weighted by Gasteiger charge is -2.08. The molecule has 0 aromatic heterocycles. The Kier molecular flexibility index (Phi) is 6.48. The Labute approximate surface area is 116 Å². The molecule has 4 nitrogen and oxygen atoms in total. The van der Waals surface area contributed by atoms with Gasteiger partial charge in [-0.15, -0.1) is 0 Å². The van der Waals surface area contributed by atoms with Crippen molar-refractivity contribution in [3.05, 3.63) is 29.3 Å². The number of unbranched alkanes of at least 4 members (excludes halogenated alkanes) is 3. The topological polar surface area (TPSA) is 72.2 Å². The summed E-state index contributed by atoms with van der Waals surface area (Å²) in [5.41, 5.74) is 7.49. The lowest BCUT2D eigenvalue weighted by atomic mass is 10.1. The molecular formula is C14H24N2O2S. The molecule has 1 aromatic rings. The Hall–Kier alpha value is -0.910. The van der Waals surface area contributed by atoms with Gasteiger partial charge in [0.1, 0.15) is 0 Å². The molecule has 0 fully saturated rings. The molecule has 1 rings (SSSR count). The van der Waals surface area contributed by atoms with E-state index in [2.05, 4.69) is 4.72 Å². The maximum absolute atomic E-state index is 12.1. The predicted octanol–water partition coefficient (Wildman–Crippen LogP) is 2.10. The van der Waals surface area contributed by atoms with Crippen molar-refractivity contribution in [1.82, 2.24) is 4.72 Å². The van der Waals surface area contributed by atoms with Gasteiger partial charge in [-0.1, -0.05) is 18.9 Å². The average molecular weight is 284 g/mol. The summed E-state index contributed by atoms with van der Waals surface area (Å²) in [7, 11) is -3.37. The summed E-state index contributed by atoms with van der Waals surface area (Å²) < 4.78 is 26.7. The van der Waals surface area contributed by atoms with E-state index in [9.17, 15) is 8.42 Å². The van der Waals surface area contributed by atoms with E-state index in [0.29, 0.717) is 18.0 Å². The van der Waals surface area contributed by atoms with E-state index in [4.69, 9.17) is 5.73 Å². The molecule has 5 heteroatoms. The van der Waals surface area contributed by atoms with Crippen LogP contribution in [0.4, 0.5) is 0 Å². The highest BCUT2D eigenvalue weighted by atomic mass is 32.2. The molecule has 0 saturated heterocycles. The number of nitrogens with two attached hydrogens (primary N) is 1. The van der Waals surface area contributed by atoms with Crippen LogP contribution in [0.2, 0.25) is 0 Å². The highest BCUT2D eigenvalue weighted by Crippen LogP contribution is 2.14. The Morgan fingerprint density at radius 1 is 1.05 bits per heavy atom. The van der Waals surface area contributed by atoms with E-state index >= 15 is 0 Å². The number of nitrogens with one attached hydrogen (secondary N) is 1. The highest BCUT2D eigenvalue weighted by Gasteiger charge is 2.13. The zero-order valence-corrected chi connectivity index (χ0v) is 12.6. The summed E-state index contributed by atoms with van der Waals surface area (Å²) >= 11 is 0. The van der Waals surface area contributed by atoms with Crippen LogP contribution in [0.3, 0.4) is 0 Å². The van der Waals surface area contributed by atoms with Crippen LogP contribution >= 0.6 is 0 Å². The number of benzene rings is 1. The third-order valence-electron chi connectivity index (χ3n) is 3.21. The quantitative estimate of drug-likeness (QED) is 0.718. The number of aryl methyl sites for hydroxylation is 2. The molecule has 0 aliphatic heterocycles. The molecule has 108 valence electrons. The van der Waals surface area contributed by atoms with Gasteiger partial charge < -0.3 is 5.73 Å². The van der Waals surface area contributed by atoms with Crippen molar-refractivity contribution in [1.29, 1.82) is 0 Å². The summed E-state index contributed by atoms with van der Waals surface area (Å²) in [4.78, 5) is 0.345. The van der Waals surface area contributed by atoms with Crippen molar-refractivity contribution in [2.24, 2.45) is 5.73 Å². The second-order valence-corrected chi connectivity index (χ2v) is 6.61. The van der Waals surface area contributed by atoms with Gasteiger partial charge in [-0.2, -0.15) is 0 Å². The number of rotatable bonds is 8. The Balaban J connectivity index is 2.49. The molecule has 0 atom stereocenters. The fourth-order valence-electron chi connectivity index (χ4n) is 1.79. The smallest absolute Gasteiger partial charge is 0.240 e. The average Bonchev–Trinajstić information content (AvgIpc) is 2.36. The van der Waals surface area contributed by atoms with Crippen LogP contribution in [0.5, 0.6) is 0 Å². The van der Waals surface area contributed by atoms with Crippen molar-refractivity contribution in [3.8, 4) is 0 Å². The monoisotopic (exact) mass is 284 g/mol. The van der Waals surface area contributed by atoms with E-state index in [-0.39, 0.29) is 0 Å². The highest BCUT2D eigenvalue weighted by molar-refractivity contribution is 7.89. The molecule has 0 spiro atoms. The van der Waals surface area contributed by atoms with Crippen LogP contribution in [-0.4, -0.2) is 21.5 Å². The van der Waals surface area contributed by atoms with Crippen molar-refractivity contribution in [3.63, 3.8) is 0 Å². The van der Waals surface area contributed by atoms with Crippen LogP contribution in [0.25, 0.3) is 0 Å². The number of hydrogen-bond acceptors (Lipinski definition) is 3. The minimum absolute atomic E-state index is 0.345. The largest absolute Gasteiger partial charge is 0.330 e. The van der Waals surface area contributed by atoms with Crippen LogP contribution < -0.4 is 10.5 Å². The molecule has 3 N–H and O–H groups in total. The molecule has 0 unspecified atom stereocenters. The first kappa shape index (κ1) is 16.1. The molecule has 0 amide bonds. The number of hydrogen-bond donors (Lipinski definition) is 2. The maximum atomic E-state index is 12.1. The van der Waals surface area contributed by atoms with Crippen molar-refractivity contribution in [2.45, 2.75) is 44.4 Å². The molecular weight excluding hydrogens is 260 g/mol. The lowest BCUT2D eigenvalue weighted by molar-refractivity contribution is 0.572. The van der Waals surface area contributed by atoms with Crippen molar-refractivity contribution < 1.29 is 8.42 Å². The van der Waals surface area contributed by atoms with Gasteiger partial charge >= 0.3 is 0 Å². The maximum Gasteiger partial charge on any atom is 0.240 e. The second-order valence-electron chi connectivity index (χ2n) is 4.85. The lowest BCUT2D eigenvalue weighted by Crippen LogP contribution is -2.24. The van der Waals surface area contributed by atoms with E-state index in [0.717, 1.165) is 36.8 Å².